The zero-order valence-electron chi connectivity index (χ0n) is 18.9. The van der Waals surface area contributed by atoms with Gasteiger partial charge in [0.05, 0.1) is 0 Å². The molecular formula is C26H34N2O3. The van der Waals surface area contributed by atoms with Crippen molar-refractivity contribution in [3.8, 4) is 11.1 Å². The number of benzene rings is 2. The van der Waals surface area contributed by atoms with E-state index in [4.69, 9.17) is 4.74 Å². The van der Waals surface area contributed by atoms with Crippen LogP contribution in [0.25, 0.3) is 11.1 Å². The number of rotatable bonds is 7. The summed E-state index contributed by atoms with van der Waals surface area (Å²) < 4.78 is 5.76. The van der Waals surface area contributed by atoms with Crippen molar-refractivity contribution in [1.82, 2.24) is 10.2 Å². The fourth-order valence-corrected chi connectivity index (χ4v) is 3.95. The van der Waals surface area contributed by atoms with Crippen LogP contribution in [0.5, 0.6) is 0 Å². The molecule has 0 saturated carbocycles. The molecule has 2 aromatic rings. The van der Waals surface area contributed by atoms with Crippen molar-refractivity contribution in [1.29, 1.82) is 0 Å². The van der Waals surface area contributed by atoms with Crippen LogP contribution in [0.2, 0.25) is 0 Å². The molecule has 5 nitrogen and oxygen atoms in total. The third kappa shape index (κ3) is 6.58. The molecule has 1 aliphatic heterocycles. The Balaban J connectivity index is 1.59. The molecule has 3 rings (SSSR count). The average Bonchev–Trinajstić information content (AvgIpc) is 2.78. The molecule has 0 spiro atoms. The lowest BCUT2D eigenvalue weighted by Gasteiger charge is -2.35. The summed E-state index contributed by atoms with van der Waals surface area (Å²) in [4.78, 5) is 27.3. The van der Waals surface area contributed by atoms with E-state index in [0.29, 0.717) is 18.7 Å². The van der Waals surface area contributed by atoms with Gasteiger partial charge in [0.2, 0.25) is 0 Å². The van der Waals surface area contributed by atoms with E-state index in [1.54, 1.807) is 4.90 Å². The maximum Gasteiger partial charge on any atom is 0.410 e. The van der Waals surface area contributed by atoms with E-state index < -0.39 is 5.60 Å². The lowest BCUT2D eigenvalue weighted by molar-refractivity contribution is 0.00218. The molecule has 2 amide bonds. The summed E-state index contributed by atoms with van der Waals surface area (Å²) in [6.07, 6.45) is 4.37. The highest BCUT2D eigenvalue weighted by atomic mass is 16.6. The SMILES string of the molecule is CCCCC(C)(C)OC(=O)N1CCCC(NC(=O)c2cccc(-c3ccccc3)c2)C1. The summed E-state index contributed by atoms with van der Waals surface area (Å²) in [6, 6.07) is 17.6. The quantitative estimate of drug-likeness (QED) is 0.627. The highest BCUT2D eigenvalue weighted by molar-refractivity contribution is 5.95. The Bertz CT molecular complexity index is 879. The topological polar surface area (TPSA) is 58.6 Å². The summed E-state index contributed by atoms with van der Waals surface area (Å²) in [5.41, 5.74) is 2.24. The molecule has 1 saturated heterocycles. The van der Waals surface area contributed by atoms with E-state index in [1.807, 2.05) is 68.4 Å². The summed E-state index contributed by atoms with van der Waals surface area (Å²) in [5.74, 6) is -0.110. The van der Waals surface area contributed by atoms with Gasteiger partial charge >= 0.3 is 6.09 Å². The van der Waals surface area contributed by atoms with Gasteiger partial charge in [0.1, 0.15) is 5.60 Å². The van der Waals surface area contributed by atoms with Crippen molar-refractivity contribution in [3.05, 3.63) is 60.2 Å². The van der Waals surface area contributed by atoms with E-state index in [2.05, 4.69) is 12.2 Å². The molecule has 0 bridgehead atoms. The zero-order valence-corrected chi connectivity index (χ0v) is 18.9. The molecule has 166 valence electrons. The third-order valence-electron chi connectivity index (χ3n) is 5.74. The maximum absolute atomic E-state index is 12.9. The van der Waals surface area contributed by atoms with Gasteiger partial charge in [0, 0.05) is 24.7 Å². The Hall–Kier alpha value is -2.82. The normalized spacial score (nSPS) is 16.6. The number of piperidine rings is 1. The zero-order chi connectivity index (χ0) is 22.3. The standard InChI is InChI=1S/C26H34N2O3/c1-4-5-16-26(2,3)31-25(30)28-17-10-15-23(19-28)27-24(29)22-14-9-13-21(18-22)20-11-7-6-8-12-20/h6-9,11-14,18,23H,4-5,10,15-17,19H2,1-3H3,(H,27,29). The minimum atomic E-state index is -0.471. The van der Waals surface area contributed by atoms with Crippen LogP contribution in [0, 0.1) is 0 Å². The van der Waals surface area contributed by atoms with Crippen LogP contribution >= 0.6 is 0 Å². The fraction of sp³-hybridized carbons (Fsp3) is 0.462. The number of hydrogen-bond acceptors (Lipinski definition) is 3. The Kier molecular flexibility index (Phi) is 7.72. The molecule has 31 heavy (non-hydrogen) atoms. The Labute approximate surface area is 185 Å². The molecule has 1 heterocycles. The van der Waals surface area contributed by atoms with Gasteiger partial charge in [-0.1, -0.05) is 55.8 Å². The molecule has 1 fully saturated rings. The molecule has 5 heteroatoms. The van der Waals surface area contributed by atoms with Crippen molar-refractivity contribution in [2.24, 2.45) is 0 Å². The van der Waals surface area contributed by atoms with E-state index in [0.717, 1.165) is 43.2 Å². The number of amides is 2. The number of likely N-dealkylation sites (tertiary alicyclic amines) is 1. The van der Waals surface area contributed by atoms with Crippen molar-refractivity contribution < 1.29 is 14.3 Å². The van der Waals surface area contributed by atoms with Crippen LogP contribution < -0.4 is 5.32 Å². The van der Waals surface area contributed by atoms with E-state index in [1.165, 1.54) is 0 Å². The minimum absolute atomic E-state index is 0.0760. The highest BCUT2D eigenvalue weighted by Gasteiger charge is 2.30. The van der Waals surface area contributed by atoms with Crippen LogP contribution in [-0.4, -0.2) is 41.6 Å². The fourth-order valence-electron chi connectivity index (χ4n) is 3.95. The van der Waals surface area contributed by atoms with Gasteiger partial charge in [-0.25, -0.2) is 4.79 Å². The summed E-state index contributed by atoms with van der Waals surface area (Å²) in [7, 11) is 0. The number of hydrogen-bond donors (Lipinski definition) is 1. The average molecular weight is 423 g/mol. The van der Waals surface area contributed by atoms with Crippen LogP contribution in [0.1, 0.15) is 63.2 Å². The third-order valence-corrected chi connectivity index (χ3v) is 5.74. The monoisotopic (exact) mass is 422 g/mol. The van der Waals surface area contributed by atoms with Crippen molar-refractivity contribution in [2.75, 3.05) is 13.1 Å². The molecule has 0 radical (unpaired) electrons. The summed E-state index contributed by atoms with van der Waals surface area (Å²) >= 11 is 0. The first-order valence-electron chi connectivity index (χ1n) is 11.3. The Morgan fingerprint density at radius 3 is 2.58 bits per heavy atom. The number of ether oxygens (including phenoxy) is 1. The number of carbonyl (C=O) groups excluding carboxylic acids is 2. The molecule has 1 N–H and O–H groups in total. The Morgan fingerprint density at radius 2 is 1.84 bits per heavy atom. The molecule has 0 aromatic heterocycles. The van der Waals surface area contributed by atoms with Crippen molar-refractivity contribution in [2.45, 2.75) is 64.5 Å². The second-order valence-corrected chi connectivity index (χ2v) is 8.94. The van der Waals surface area contributed by atoms with Gasteiger partial charge in [0.25, 0.3) is 5.91 Å². The predicted molar refractivity (Wildman–Crippen MR) is 124 cm³/mol. The number of carbonyl (C=O) groups is 2. The predicted octanol–water partition coefficient (Wildman–Crippen LogP) is 5.65. The minimum Gasteiger partial charge on any atom is -0.443 e. The van der Waals surface area contributed by atoms with Crippen LogP contribution in [0.3, 0.4) is 0 Å². The van der Waals surface area contributed by atoms with Gasteiger partial charge in [-0.05, 0) is 62.8 Å². The van der Waals surface area contributed by atoms with Crippen molar-refractivity contribution in [3.63, 3.8) is 0 Å². The van der Waals surface area contributed by atoms with Gasteiger partial charge in [-0.3, -0.25) is 4.79 Å². The molecule has 1 aliphatic rings. The lowest BCUT2D eigenvalue weighted by atomic mass is 10.0. The van der Waals surface area contributed by atoms with E-state index >= 15 is 0 Å². The molecular weight excluding hydrogens is 388 g/mol. The smallest absolute Gasteiger partial charge is 0.410 e. The van der Waals surface area contributed by atoms with Crippen LogP contribution in [0.4, 0.5) is 4.79 Å². The second kappa shape index (κ2) is 10.5. The van der Waals surface area contributed by atoms with Gasteiger partial charge < -0.3 is 15.0 Å². The highest BCUT2D eigenvalue weighted by Crippen LogP contribution is 2.22. The summed E-state index contributed by atoms with van der Waals surface area (Å²) in [5, 5.41) is 3.11. The first kappa shape index (κ1) is 22.9. The Morgan fingerprint density at radius 1 is 1.10 bits per heavy atom. The first-order chi connectivity index (χ1) is 14.9. The first-order valence-corrected chi connectivity index (χ1v) is 11.3. The van der Waals surface area contributed by atoms with Crippen LogP contribution in [0.15, 0.2) is 54.6 Å². The van der Waals surface area contributed by atoms with E-state index in [9.17, 15) is 9.59 Å². The van der Waals surface area contributed by atoms with Crippen LogP contribution in [-0.2, 0) is 4.74 Å². The van der Waals surface area contributed by atoms with Gasteiger partial charge in [-0.15, -0.1) is 0 Å². The number of nitrogens with zero attached hydrogens (tertiary/aromatic N) is 1. The number of unbranched alkanes of at least 4 members (excludes halogenated alkanes) is 1. The molecule has 0 aliphatic carbocycles. The molecule has 1 atom stereocenters. The summed E-state index contributed by atoms with van der Waals surface area (Å²) in [6.45, 7) is 7.20. The lowest BCUT2D eigenvalue weighted by Crippen LogP contribution is -2.50. The second-order valence-electron chi connectivity index (χ2n) is 8.94. The molecule has 2 aromatic carbocycles. The largest absolute Gasteiger partial charge is 0.443 e. The van der Waals surface area contributed by atoms with Crippen molar-refractivity contribution >= 4 is 12.0 Å². The van der Waals surface area contributed by atoms with E-state index in [-0.39, 0.29) is 18.0 Å². The maximum atomic E-state index is 12.9. The molecule has 1 unspecified atom stereocenters. The number of nitrogens with one attached hydrogen (secondary N) is 1. The van der Waals surface area contributed by atoms with Gasteiger partial charge in [0.15, 0.2) is 0 Å². The van der Waals surface area contributed by atoms with Gasteiger partial charge in [-0.2, -0.15) is 0 Å².